The zero-order chi connectivity index (χ0) is 24.6. The van der Waals surface area contributed by atoms with Crippen LogP contribution in [0.25, 0.3) is 16.8 Å². The van der Waals surface area contributed by atoms with Crippen molar-refractivity contribution >= 4 is 22.6 Å². The summed E-state index contributed by atoms with van der Waals surface area (Å²) in [5, 5.41) is 1.70. The molecule has 4 aromatic carbocycles. The summed E-state index contributed by atoms with van der Waals surface area (Å²) in [7, 11) is 4.88. The predicted octanol–water partition coefficient (Wildman–Crippen LogP) is 6.42. The number of ketones is 1. The Balaban J connectivity index is 1.81. The van der Waals surface area contributed by atoms with Gasteiger partial charge in [-0.1, -0.05) is 48.5 Å². The average molecular weight is 467 g/mol. The number of hydrogen-bond donors (Lipinski definition) is 0. The van der Waals surface area contributed by atoms with Gasteiger partial charge in [-0.05, 0) is 43.3 Å². The smallest absolute Gasteiger partial charge is 0.178 e. The van der Waals surface area contributed by atoms with Gasteiger partial charge in [0, 0.05) is 27.5 Å². The Kier molecular flexibility index (Phi) is 5.69. The van der Waals surface area contributed by atoms with Gasteiger partial charge in [0.2, 0.25) is 0 Å². The number of methoxy groups -OCH3 is 3. The summed E-state index contributed by atoms with van der Waals surface area (Å²) in [6, 6.07) is 23.5. The minimum Gasteiger partial charge on any atom is -0.497 e. The number of carbonyl (C=O) groups excluding carboxylic acids is 1. The molecule has 0 aromatic heterocycles. The SMILES string of the molecule is COc1ccc(C2(c3ccc(OC)cc3)C=Cc3c(C(C)=O)c(OC)c4ccccc4c3O2)cc1. The second kappa shape index (κ2) is 8.84. The Morgan fingerprint density at radius 3 is 1.77 bits per heavy atom. The topological polar surface area (TPSA) is 54.0 Å². The molecule has 0 N–H and O–H groups in total. The third-order valence-corrected chi connectivity index (χ3v) is 6.50. The Morgan fingerprint density at radius 1 is 0.743 bits per heavy atom. The van der Waals surface area contributed by atoms with Gasteiger partial charge in [0.15, 0.2) is 11.4 Å². The van der Waals surface area contributed by atoms with Gasteiger partial charge in [0.1, 0.15) is 23.0 Å². The maximum absolute atomic E-state index is 12.8. The Bertz CT molecular complexity index is 1390. The van der Waals surface area contributed by atoms with E-state index in [1.807, 2.05) is 84.9 Å². The largest absolute Gasteiger partial charge is 0.497 e. The van der Waals surface area contributed by atoms with Gasteiger partial charge in [-0.2, -0.15) is 0 Å². The molecular weight excluding hydrogens is 440 g/mol. The molecule has 5 nitrogen and oxygen atoms in total. The zero-order valence-electron chi connectivity index (χ0n) is 20.1. The van der Waals surface area contributed by atoms with Crippen LogP contribution in [-0.4, -0.2) is 27.1 Å². The van der Waals surface area contributed by atoms with Crippen molar-refractivity contribution in [3.05, 3.63) is 101 Å². The van der Waals surface area contributed by atoms with Crippen molar-refractivity contribution in [1.29, 1.82) is 0 Å². The molecule has 0 unspecified atom stereocenters. The molecule has 35 heavy (non-hydrogen) atoms. The van der Waals surface area contributed by atoms with E-state index in [1.165, 1.54) is 0 Å². The minimum atomic E-state index is -0.934. The third-order valence-electron chi connectivity index (χ3n) is 6.50. The quantitative estimate of drug-likeness (QED) is 0.307. The maximum atomic E-state index is 12.8. The van der Waals surface area contributed by atoms with Gasteiger partial charge in [0.25, 0.3) is 0 Å². The van der Waals surface area contributed by atoms with Crippen LogP contribution in [0.15, 0.2) is 78.9 Å². The molecule has 0 atom stereocenters. The summed E-state index contributed by atoms with van der Waals surface area (Å²) in [6.07, 6.45) is 3.97. The van der Waals surface area contributed by atoms with Crippen LogP contribution in [-0.2, 0) is 5.60 Å². The predicted molar refractivity (Wildman–Crippen MR) is 137 cm³/mol. The Labute approximate surface area is 204 Å². The van der Waals surface area contributed by atoms with Crippen LogP contribution in [0.3, 0.4) is 0 Å². The number of hydrogen-bond acceptors (Lipinski definition) is 5. The van der Waals surface area contributed by atoms with Crippen molar-refractivity contribution in [2.45, 2.75) is 12.5 Å². The second-order valence-electron chi connectivity index (χ2n) is 8.38. The normalized spacial score (nSPS) is 13.6. The summed E-state index contributed by atoms with van der Waals surface area (Å²) in [4.78, 5) is 12.8. The van der Waals surface area contributed by atoms with Gasteiger partial charge >= 0.3 is 0 Å². The number of fused-ring (bicyclic) bond motifs is 3. The summed E-state index contributed by atoms with van der Waals surface area (Å²) in [6.45, 7) is 1.55. The van der Waals surface area contributed by atoms with Crippen LogP contribution in [0.5, 0.6) is 23.0 Å². The van der Waals surface area contributed by atoms with Crippen LogP contribution >= 0.6 is 0 Å². The van der Waals surface area contributed by atoms with E-state index in [9.17, 15) is 4.79 Å². The first-order chi connectivity index (χ1) is 17.0. The Hall–Kier alpha value is -4.25. The molecule has 0 amide bonds. The van der Waals surface area contributed by atoms with Crippen molar-refractivity contribution < 1.29 is 23.7 Å². The molecule has 0 fully saturated rings. The summed E-state index contributed by atoms with van der Waals surface area (Å²) >= 11 is 0. The van der Waals surface area contributed by atoms with E-state index < -0.39 is 5.60 Å². The lowest BCUT2D eigenvalue weighted by Gasteiger charge is -2.37. The van der Waals surface area contributed by atoms with Crippen molar-refractivity contribution in [1.82, 2.24) is 0 Å². The number of carbonyl (C=O) groups is 1. The highest BCUT2D eigenvalue weighted by molar-refractivity contribution is 6.10. The fourth-order valence-corrected chi connectivity index (χ4v) is 4.78. The Morgan fingerprint density at radius 2 is 1.29 bits per heavy atom. The molecule has 5 rings (SSSR count). The van der Waals surface area contributed by atoms with Crippen molar-refractivity contribution in [2.24, 2.45) is 0 Å². The summed E-state index contributed by atoms with van der Waals surface area (Å²) < 4.78 is 23.4. The number of ether oxygens (including phenoxy) is 4. The number of benzene rings is 4. The molecule has 0 spiro atoms. The van der Waals surface area contributed by atoms with Crippen LogP contribution in [0.1, 0.15) is 34.0 Å². The van der Waals surface area contributed by atoms with E-state index in [-0.39, 0.29) is 5.78 Å². The molecule has 1 aliphatic rings. The van der Waals surface area contributed by atoms with Gasteiger partial charge in [-0.3, -0.25) is 4.79 Å². The molecule has 0 saturated carbocycles. The summed E-state index contributed by atoms with van der Waals surface area (Å²) in [5.74, 6) is 2.63. The average Bonchev–Trinajstić information content (AvgIpc) is 2.92. The molecule has 5 heteroatoms. The van der Waals surface area contributed by atoms with Gasteiger partial charge in [-0.15, -0.1) is 0 Å². The van der Waals surface area contributed by atoms with Gasteiger partial charge < -0.3 is 18.9 Å². The highest BCUT2D eigenvalue weighted by Crippen LogP contribution is 2.49. The first kappa shape index (κ1) is 22.5. The van der Waals surface area contributed by atoms with Gasteiger partial charge in [-0.25, -0.2) is 0 Å². The molecule has 0 bridgehead atoms. The fourth-order valence-electron chi connectivity index (χ4n) is 4.78. The van der Waals surface area contributed by atoms with Gasteiger partial charge in [0.05, 0.1) is 26.9 Å². The van der Waals surface area contributed by atoms with E-state index in [4.69, 9.17) is 18.9 Å². The van der Waals surface area contributed by atoms with E-state index in [2.05, 4.69) is 0 Å². The maximum Gasteiger partial charge on any atom is 0.178 e. The molecular formula is C30H26O5. The van der Waals surface area contributed by atoms with Crippen molar-refractivity contribution in [3.63, 3.8) is 0 Å². The first-order valence-electron chi connectivity index (χ1n) is 11.3. The van der Waals surface area contributed by atoms with Crippen molar-refractivity contribution in [3.8, 4) is 23.0 Å². The lowest BCUT2D eigenvalue weighted by atomic mass is 9.82. The van der Waals surface area contributed by atoms with Crippen LogP contribution in [0, 0.1) is 0 Å². The molecule has 176 valence electrons. The molecule has 1 aliphatic heterocycles. The highest BCUT2D eigenvalue weighted by Gasteiger charge is 2.39. The second-order valence-corrected chi connectivity index (χ2v) is 8.38. The molecule has 1 heterocycles. The van der Waals surface area contributed by atoms with E-state index in [0.29, 0.717) is 22.6 Å². The third kappa shape index (κ3) is 3.60. The van der Waals surface area contributed by atoms with Crippen LogP contribution in [0.4, 0.5) is 0 Å². The van der Waals surface area contributed by atoms with E-state index in [1.54, 1.807) is 28.3 Å². The molecule has 0 radical (unpaired) electrons. The standard InChI is InChI=1S/C30H26O5/c1-19(31)27-26-17-18-30(20-9-13-22(32-2)14-10-20,21-11-15-23(33-3)16-12-21)35-28(26)24-7-5-6-8-25(24)29(27)34-4/h5-18H,1-4H3. The zero-order valence-corrected chi connectivity index (χ0v) is 20.1. The lowest BCUT2D eigenvalue weighted by Crippen LogP contribution is -2.34. The minimum absolute atomic E-state index is 0.0847. The molecule has 4 aromatic rings. The highest BCUT2D eigenvalue weighted by atomic mass is 16.5. The first-order valence-corrected chi connectivity index (χ1v) is 11.3. The summed E-state index contributed by atoms with van der Waals surface area (Å²) in [5.41, 5.74) is 2.14. The van der Waals surface area contributed by atoms with Crippen LogP contribution < -0.4 is 18.9 Å². The van der Waals surface area contributed by atoms with E-state index >= 15 is 0 Å². The molecule has 0 aliphatic carbocycles. The van der Waals surface area contributed by atoms with Crippen LogP contribution in [0.2, 0.25) is 0 Å². The van der Waals surface area contributed by atoms with E-state index in [0.717, 1.165) is 33.4 Å². The fraction of sp³-hybridized carbons (Fsp3) is 0.167. The monoisotopic (exact) mass is 466 g/mol. The number of rotatable bonds is 6. The lowest BCUT2D eigenvalue weighted by molar-refractivity contribution is 0.101. The number of Topliss-reactive ketones (excluding diaryl/α,β-unsaturated/α-hetero) is 1. The molecule has 0 saturated heterocycles. The van der Waals surface area contributed by atoms with Crippen molar-refractivity contribution in [2.75, 3.05) is 21.3 Å².